The molecule has 0 atom stereocenters. The van der Waals surface area contributed by atoms with Crippen molar-refractivity contribution in [1.29, 1.82) is 0 Å². The number of carbonyl (C=O) groups excluding carboxylic acids is 2. The number of anilines is 2. The summed E-state index contributed by atoms with van der Waals surface area (Å²) >= 11 is 1.65. The van der Waals surface area contributed by atoms with Crippen molar-refractivity contribution >= 4 is 44.9 Å². The highest BCUT2D eigenvalue weighted by Gasteiger charge is 2.30. The molecule has 172 valence electrons. The Hall–Kier alpha value is -3.91. The first kappa shape index (κ1) is 21.9. The number of rotatable bonds is 6. The number of nitrogens with zero attached hydrogens (tertiary/aromatic N) is 3. The molecular formula is C26H24N4O3S. The summed E-state index contributed by atoms with van der Waals surface area (Å²) < 4.78 is 6.33. The molecule has 7 nitrogen and oxygen atoms in total. The van der Waals surface area contributed by atoms with Gasteiger partial charge in [-0.1, -0.05) is 6.07 Å². The number of urea groups is 1. The van der Waals surface area contributed by atoms with Crippen LogP contribution in [0.1, 0.15) is 5.56 Å². The van der Waals surface area contributed by atoms with E-state index in [2.05, 4.69) is 24.4 Å². The normalized spacial score (nSPS) is 13.5. The van der Waals surface area contributed by atoms with Gasteiger partial charge >= 0.3 is 6.03 Å². The maximum absolute atomic E-state index is 12.8. The molecule has 1 aromatic heterocycles. The monoisotopic (exact) mass is 472 g/mol. The lowest BCUT2D eigenvalue weighted by atomic mass is 10.2. The molecule has 0 aliphatic carbocycles. The van der Waals surface area contributed by atoms with Gasteiger partial charge in [-0.2, -0.15) is 0 Å². The van der Waals surface area contributed by atoms with Crippen LogP contribution < -0.4 is 15.0 Å². The van der Waals surface area contributed by atoms with Crippen molar-refractivity contribution in [3.05, 3.63) is 72.3 Å². The van der Waals surface area contributed by atoms with Crippen molar-refractivity contribution in [3.63, 3.8) is 0 Å². The summed E-state index contributed by atoms with van der Waals surface area (Å²) in [6, 6.07) is 21.0. The summed E-state index contributed by atoms with van der Waals surface area (Å²) in [5.41, 5.74) is 4.67. The molecule has 0 unspecified atom stereocenters. The number of aryl methyl sites for hydroxylation is 1. The highest BCUT2D eigenvalue weighted by molar-refractivity contribution is 7.21. The Morgan fingerprint density at radius 1 is 1.06 bits per heavy atom. The Morgan fingerprint density at radius 2 is 1.82 bits per heavy atom. The quantitative estimate of drug-likeness (QED) is 0.421. The number of methoxy groups -OCH3 is 1. The van der Waals surface area contributed by atoms with Gasteiger partial charge in [0.2, 0.25) is 5.91 Å². The minimum atomic E-state index is -0.229. The largest absolute Gasteiger partial charge is 0.497 e. The number of benzene rings is 3. The van der Waals surface area contributed by atoms with Crippen molar-refractivity contribution in [2.75, 3.05) is 37.0 Å². The van der Waals surface area contributed by atoms with E-state index in [1.165, 1.54) is 5.56 Å². The highest BCUT2D eigenvalue weighted by atomic mass is 32.1. The van der Waals surface area contributed by atoms with E-state index in [9.17, 15) is 9.59 Å². The van der Waals surface area contributed by atoms with Gasteiger partial charge in [0.05, 0.1) is 17.3 Å². The van der Waals surface area contributed by atoms with Crippen LogP contribution in [0.5, 0.6) is 5.75 Å². The summed E-state index contributed by atoms with van der Waals surface area (Å²) in [4.78, 5) is 33.3. The van der Waals surface area contributed by atoms with Gasteiger partial charge in [-0.05, 0) is 73.2 Å². The van der Waals surface area contributed by atoms with E-state index < -0.39 is 0 Å². The molecule has 5 rings (SSSR count). The third-order valence-electron chi connectivity index (χ3n) is 5.77. The van der Waals surface area contributed by atoms with Gasteiger partial charge < -0.3 is 15.0 Å². The third-order valence-corrected chi connectivity index (χ3v) is 6.84. The molecule has 1 aliphatic rings. The van der Waals surface area contributed by atoms with Crippen molar-refractivity contribution in [2.45, 2.75) is 6.92 Å². The summed E-state index contributed by atoms with van der Waals surface area (Å²) in [6.07, 6.45) is 0. The Balaban J connectivity index is 1.20. The zero-order chi connectivity index (χ0) is 23.7. The number of carbonyl (C=O) groups is 2. The van der Waals surface area contributed by atoms with E-state index in [0.29, 0.717) is 18.8 Å². The fourth-order valence-corrected chi connectivity index (χ4v) is 5.03. The highest BCUT2D eigenvalue weighted by Crippen LogP contribution is 2.31. The number of aromatic nitrogens is 1. The Labute approximate surface area is 201 Å². The first-order chi connectivity index (χ1) is 16.5. The van der Waals surface area contributed by atoms with Gasteiger partial charge in [-0.25, -0.2) is 9.78 Å². The molecule has 1 fully saturated rings. The molecule has 3 aromatic carbocycles. The van der Waals surface area contributed by atoms with Crippen LogP contribution in [0.2, 0.25) is 0 Å². The second-order valence-electron chi connectivity index (χ2n) is 8.17. The van der Waals surface area contributed by atoms with Gasteiger partial charge in [0, 0.05) is 30.0 Å². The molecule has 0 radical (unpaired) electrons. The minimum absolute atomic E-state index is 0.00442. The van der Waals surface area contributed by atoms with E-state index in [1.807, 2.05) is 54.6 Å². The van der Waals surface area contributed by atoms with E-state index >= 15 is 0 Å². The lowest BCUT2D eigenvalue weighted by molar-refractivity contribution is -0.116. The summed E-state index contributed by atoms with van der Waals surface area (Å²) in [7, 11) is 1.60. The number of amides is 3. The molecule has 0 spiro atoms. The predicted octanol–water partition coefficient (Wildman–Crippen LogP) is 5.16. The molecule has 1 saturated heterocycles. The van der Waals surface area contributed by atoms with Crippen molar-refractivity contribution in [2.24, 2.45) is 0 Å². The maximum atomic E-state index is 12.8. The second kappa shape index (κ2) is 9.15. The molecule has 1 aliphatic heterocycles. The Kier molecular flexibility index (Phi) is 5.90. The topological polar surface area (TPSA) is 74.8 Å². The molecule has 3 amide bonds. The zero-order valence-electron chi connectivity index (χ0n) is 18.9. The summed E-state index contributed by atoms with van der Waals surface area (Å²) in [5, 5.41) is 3.83. The fraction of sp³-hybridized carbons (Fsp3) is 0.192. The van der Waals surface area contributed by atoms with E-state index in [0.717, 1.165) is 32.2 Å². The Morgan fingerprint density at radius 3 is 2.56 bits per heavy atom. The number of hydrogen-bond acceptors (Lipinski definition) is 5. The first-order valence-corrected chi connectivity index (χ1v) is 11.8. The number of thiazole rings is 1. The Bertz CT molecular complexity index is 1350. The molecule has 1 N–H and O–H groups in total. The van der Waals surface area contributed by atoms with Gasteiger partial charge in [-0.3, -0.25) is 9.69 Å². The van der Waals surface area contributed by atoms with Crippen LogP contribution in [0.25, 0.3) is 20.8 Å². The maximum Gasteiger partial charge on any atom is 0.325 e. The van der Waals surface area contributed by atoms with Gasteiger partial charge in [0.25, 0.3) is 0 Å². The molecule has 0 saturated carbocycles. The molecule has 8 heteroatoms. The minimum Gasteiger partial charge on any atom is -0.497 e. The van der Waals surface area contributed by atoms with Crippen LogP contribution in [0.15, 0.2) is 66.7 Å². The number of fused-ring (bicyclic) bond motifs is 1. The van der Waals surface area contributed by atoms with Crippen LogP contribution in [0.3, 0.4) is 0 Å². The SMILES string of the molecule is COc1ccc(N2CCN(CC(=O)Nc3ccc(-c4nc5ccc(C)cc5s4)cc3)C2=O)cc1. The zero-order valence-corrected chi connectivity index (χ0v) is 19.8. The first-order valence-electron chi connectivity index (χ1n) is 11.0. The standard InChI is InChI=1S/C26H24N4O3S/c1-17-3-12-22-23(15-17)34-25(28-22)18-4-6-19(7-5-18)27-24(31)16-29-13-14-30(26(29)32)20-8-10-21(33-2)11-9-20/h3-12,15H,13-14,16H2,1-2H3,(H,27,31). The average Bonchev–Trinajstić information content (AvgIpc) is 3.43. The van der Waals surface area contributed by atoms with Crippen LogP contribution in [0.4, 0.5) is 16.2 Å². The van der Waals surface area contributed by atoms with Gasteiger partial charge in [0.15, 0.2) is 0 Å². The van der Waals surface area contributed by atoms with Crippen LogP contribution in [-0.2, 0) is 4.79 Å². The summed E-state index contributed by atoms with van der Waals surface area (Å²) in [5.74, 6) is 0.504. The van der Waals surface area contributed by atoms with Crippen molar-refractivity contribution in [3.8, 4) is 16.3 Å². The van der Waals surface area contributed by atoms with Crippen LogP contribution in [0, 0.1) is 6.92 Å². The van der Waals surface area contributed by atoms with Crippen LogP contribution >= 0.6 is 11.3 Å². The molecule has 0 bridgehead atoms. The lowest BCUT2D eigenvalue weighted by Crippen LogP contribution is -2.37. The predicted molar refractivity (Wildman–Crippen MR) is 136 cm³/mol. The number of hydrogen-bond donors (Lipinski definition) is 1. The molecule has 4 aromatic rings. The number of ether oxygens (including phenoxy) is 1. The fourth-order valence-electron chi connectivity index (χ4n) is 3.96. The molecule has 2 heterocycles. The number of nitrogens with one attached hydrogen (secondary N) is 1. The molecule has 34 heavy (non-hydrogen) atoms. The smallest absolute Gasteiger partial charge is 0.325 e. The third kappa shape index (κ3) is 4.45. The van der Waals surface area contributed by atoms with E-state index in [1.54, 1.807) is 28.2 Å². The average molecular weight is 473 g/mol. The van der Waals surface area contributed by atoms with E-state index in [4.69, 9.17) is 9.72 Å². The van der Waals surface area contributed by atoms with Gasteiger partial charge in [-0.15, -0.1) is 11.3 Å². The second-order valence-corrected chi connectivity index (χ2v) is 9.20. The van der Waals surface area contributed by atoms with Gasteiger partial charge in [0.1, 0.15) is 17.3 Å². The lowest BCUT2D eigenvalue weighted by Gasteiger charge is -2.18. The van der Waals surface area contributed by atoms with Crippen molar-refractivity contribution < 1.29 is 14.3 Å². The molecular weight excluding hydrogens is 448 g/mol. The van der Waals surface area contributed by atoms with E-state index in [-0.39, 0.29) is 18.5 Å². The summed E-state index contributed by atoms with van der Waals surface area (Å²) in [6.45, 7) is 3.11. The van der Waals surface area contributed by atoms with Crippen LogP contribution in [-0.4, -0.2) is 48.6 Å². The van der Waals surface area contributed by atoms with Crippen molar-refractivity contribution in [1.82, 2.24) is 9.88 Å².